The van der Waals surface area contributed by atoms with Gasteiger partial charge in [-0.3, -0.25) is 11.3 Å². The first-order valence-electron chi connectivity index (χ1n) is 4.74. The summed E-state index contributed by atoms with van der Waals surface area (Å²) in [5, 5.41) is 0. The fourth-order valence-electron chi connectivity index (χ4n) is 1.15. The zero-order chi connectivity index (χ0) is 10.3. The van der Waals surface area contributed by atoms with E-state index in [0.29, 0.717) is 6.10 Å². The van der Waals surface area contributed by atoms with Crippen LogP contribution in [0.5, 0.6) is 0 Å². The van der Waals surface area contributed by atoms with Crippen LogP contribution in [0.15, 0.2) is 11.6 Å². The van der Waals surface area contributed by atoms with E-state index in [4.69, 9.17) is 10.6 Å². The summed E-state index contributed by atoms with van der Waals surface area (Å²) in [6.45, 7) is 6.21. The summed E-state index contributed by atoms with van der Waals surface area (Å²) in [4.78, 5) is 0. The van der Waals surface area contributed by atoms with E-state index in [0.717, 1.165) is 12.8 Å². The maximum atomic E-state index is 5.41. The lowest BCUT2D eigenvalue weighted by molar-refractivity contribution is 0.107. The van der Waals surface area contributed by atoms with Gasteiger partial charge in [-0.2, -0.15) is 0 Å². The minimum atomic E-state index is 0.266. The molecule has 0 rings (SSSR count). The van der Waals surface area contributed by atoms with Crippen LogP contribution in [0.1, 0.15) is 33.6 Å². The maximum Gasteiger partial charge on any atom is 0.0543 e. The third-order valence-corrected chi connectivity index (χ3v) is 2.04. The largest absolute Gasteiger partial charge is 0.382 e. The number of rotatable bonds is 6. The predicted octanol–water partition coefficient (Wildman–Crippen LogP) is 1.60. The van der Waals surface area contributed by atoms with Crippen molar-refractivity contribution in [3.05, 3.63) is 11.6 Å². The fraction of sp³-hybridized carbons (Fsp3) is 0.800. The van der Waals surface area contributed by atoms with Gasteiger partial charge in [0.1, 0.15) is 0 Å². The van der Waals surface area contributed by atoms with Crippen LogP contribution in [0.25, 0.3) is 0 Å². The molecule has 0 spiro atoms. The molecule has 2 unspecified atom stereocenters. The molecule has 3 nitrogen and oxygen atoms in total. The van der Waals surface area contributed by atoms with Crippen LogP contribution in [-0.4, -0.2) is 19.3 Å². The van der Waals surface area contributed by atoms with Gasteiger partial charge in [0.05, 0.1) is 6.10 Å². The lowest BCUT2D eigenvalue weighted by atomic mass is 10.1. The van der Waals surface area contributed by atoms with Gasteiger partial charge in [-0.15, -0.1) is 0 Å². The average molecular weight is 186 g/mol. The van der Waals surface area contributed by atoms with Crippen LogP contribution in [0, 0.1) is 0 Å². The Bertz CT molecular complexity index is 153. The first-order chi connectivity index (χ1) is 6.10. The number of nitrogens with two attached hydrogens (primary N) is 1. The highest BCUT2D eigenvalue weighted by molar-refractivity contribution is 5.00. The number of nitrogens with one attached hydrogen (secondary N) is 1. The Hall–Kier alpha value is -0.380. The van der Waals surface area contributed by atoms with Crippen LogP contribution >= 0.6 is 0 Å². The van der Waals surface area contributed by atoms with Gasteiger partial charge in [-0.25, -0.2) is 0 Å². The Morgan fingerprint density at radius 3 is 2.46 bits per heavy atom. The molecule has 0 aliphatic carbocycles. The van der Waals surface area contributed by atoms with Crippen molar-refractivity contribution in [2.45, 2.75) is 45.8 Å². The van der Waals surface area contributed by atoms with Crippen LogP contribution in [0.2, 0.25) is 0 Å². The van der Waals surface area contributed by atoms with Gasteiger partial charge in [0.15, 0.2) is 0 Å². The molecular weight excluding hydrogens is 164 g/mol. The zero-order valence-corrected chi connectivity index (χ0v) is 9.13. The SMILES string of the molecule is COC(C)CCC(C=C(C)C)NN. The molecule has 0 radical (unpaired) electrons. The molecule has 3 N–H and O–H groups in total. The molecule has 0 aromatic rings. The fourth-order valence-corrected chi connectivity index (χ4v) is 1.15. The minimum absolute atomic E-state index is 0.266. The molecule has 0 saturated carbocycles. The van der Waals surface area contributed by atoms with Gasteiger partial charge in [0.2, 0.25) is 0 Å². The summed E-state index contributed by atoms with van der Waals surface area (Å²) in [6.07, 6.45) is 4.48. The molecule has 0 heterocycles. The van der Waals surface area contributed by atoms with E-state index in [9.17, 15) is 0 Å². The van der Waals surface area contributed by atoms with Gasteiger partial charge >= 0.3 is 0 Å². The minimum Gasteiger partial charge on any atom is -0.382 e. The monoisotopic (exact) mass is 186 g/mol. The second-order valence-electron chi connectivity index (χ2n) is 3.64. The number of allylic oxidation sites excluding steroid dienone is 1. The first kappa shape index (κ1) is 12.6. The topological polar surface area (TPSA) is 47.3 Å². The Morgan fingerprint density at radius 1 is 1.46 bits per heavy atom. The molecule has 3 heteroatoms. The van der Waals surface area contributed by atoms with E-state index in [2.05, 4.69) is 32.3 Å². The second kappa shape index (κ2) is 7.06. The molecule has 0 saturated heterocycles. The van der Waals surface area contributed by atoms with Crippen LogP contribution in [-0.2, 0) is 4.74 Å². The Labute approximate surface area is 81.3 Å². The summed E-state index contributed by atoms with van der Waals surface area (Å²) in [5.41, 5.74) is 4.07. The van der Waals surface area contributed by atoms with E-state index in [1.54, 1.807) is 7.11 Å². The highest BCUT2D eigenvalue weighted by atomic mass is 16.5. The molecule has 0 aliphatic heterocycles. The van der Waals surface area contributed by atoms with E-state index in [1.807, 2.05) is 0 Å². The molecule has 0 aromatic heterocycles. The summed E-state index contributed by atoms with van der Waals surface area (Å²) in [7, 11) is 1.73. The Balaban J connectivity index is 3.79. The molecule has 0 aromatic carbocycles. The third-order valence-electron chi connectivity index (χ3n) is 2.04. The molecular formula is C10H22N2O. The average Bonchev–Trinajstić information content (AvgIpc) is 2.10. The van der Waals surface area contributed by atoms with E-state index in [-0.39, 0.29) is 6.04 Å². The summed E-state index contributed by atoms with van der Waals surface area (Å²) in [6, 6.07) is 0.266. The zero-order valence-electron chi connectivity index (χ0n) is 9.13. The molecule has 13 heavy (non-hydrogen) atoms. The first-order valence-corrected chi connectivity index (χ1v) is 4.74. The lowest BCUT2D eigenvalue weighted by Gasteiger charge is -2.15. The van der Waals surface area contributed by atoms with E-state index in [1.165, 1.54) is 5.57 Å². The molecule has 0 amide bonds. The maximum absolute atomic E-state index is 5.41. The van der Waals surface area contributed by atoms with Gasteiger partial charge in [0, 0.05) is 13.2 Å². The molecule has 0 bridgehead atoms. The summed E-state index contributed by atoms with van der Waals surface area (Å²) < 4.78 is 5.16. The van der Waals surface area contributed by atoms with Crippen LogP contribution in [0.4, 0.5) is 0 Å². The molecule has 0 aliphatic rings. The van der Waals surface area contributed by atoms with E-state index >= 15 is 0 Å². The molecule has 2 atom stereocenters. The van der Waals surface area contributed by atoms with Gasteiger partial charge in [-0.05, 0) is 33.6 Å². The summed E-state index contributed by atoms with van der Waals surface area (Å²) in [5.74, 6) is 5.41. The van der Waals surface area contributed by atoms with Gasteiger partial charge < -0.3 is 4.74 Å². The third kappa shape index (κ3) is 6.75. The number of hydrogen-bond acceptors (Lipinski definition) is 3. The number of ether oxygens (including phenoxy) is 1. The Kier molecular flexibility index (Phi) is 6.86. The van der Waals surface area contributed by atoms with Crippen molar-refractivity contribution in [2.24, 2.45) is 5.84 Å². The van der Waals surface area contributed by atoms with E-state index < -0.39 is 0 Å². The highest BCUT2D eigenvalue weighted by Gasteiger charge is 2.05. The Morgan fingerprint density at radius 2 is 2.08 bits per heavy atom. The number of methoxy groups -OCH3 is 1. The van der Waals surface area contributed by atoms with Gasteiger partial charge in [0.25, 0.3) is 0 Å². The second-order valence-corrected chi connectivity index (χ2v) is 3.64. The standard InChI is InChI=1S/C10H22N2O/c1-8(2)7-10(12-11)6-5-9(3)13-4/h7,9-10,12H,5-6,11H2,1-4H3. The number of hydrogen-bond donors (Lipinski definition) is 2. The van der Waals surface area contributed by atoms with Crippen molar-refractivity contribution in [1.29, 1.82) is 0 Å². The molecule has 78 valence electrons. The smallest absolute Gasteiger partial charge is 0.0543 e. The van der Waals surface area contributed by atoms with Crippen molar-refractivity contribution in [3.8, 4) is 0 Å². The molecule has 0 fully saturated rings. The van der Waals surface area contributed by atoms with Crippen molar-refractivity contribution in [3.63, 3.8) is 0 Å². The van der Waals surface area contributed by atoms with Crippen LogP contribution in [0.3, 0.4) is 0 Å². The van der Waals surface area contributed by atoms with Crippen molar-refractivity contribution in [2.75, 3.05) is 7.11 Å². The normalized spacial score (nSPS) is 15.2. The van der Waals surface area contributed by atoms with Crippen LogP contribution < -0.4 is 11.3 Å². The quantitative estimate of drug-likeness (QED) is 0.376. The predicted molar refractivity (Wildman–Crippen MR) is 56.2 cm³/mol. The van der Waals surface area contributed by atoms with Crippen molar-refractivity contribution in [1.82, 2.24) is 5.43 Å². The lowest BCUT2D eigenvalue weighted by Crippen LogP contribution is -2.34. The highest BCUT2D eigenvalue weighted by Crippen LogP contribution is 2.06. The van der Waals surface area contributed by atoms with Crippen molar-refractivity contribution < 1.29 is 4.74 Å². The summed E-state index contributed by atoms with van der Waals surface area (Å²) >= 11 is 0. The van der Waals surface area contributed by atoms with Crippen molar-refractivity contribution >= 4 is 0 Å². The van der Waals surface area contributed by atoms with Gasteiger partial charge in [-0.1, -0.05) is 11.6 Å². The number of hydrazine groups is 1.